The van der Waals surface area contributed by atoms with Gasteiger partial charge >= 0.3 is 5.97 Å². The summed E-state index contributed by atoms with van der Waals surface area (Å²) in [5.41, 5.74) is -0.715. The molecule has 0 atom stereocenters. The van der Waals surface area contributed by atoms with E-state index in [2.05, 4.69) is 5.32 Å². The fourth-order valence-electron chi connectivity index (χ4n) is 1.42. The van der Waals surface area contributed by atoms with Crippen LogP contribution in [0.15, 0.2) is 12.1 Å². The Bertz CT molecular complexity index is 509. The van der Waals surface area contributed by atoms with E-state index in [4.69, 9.17) is 5.11 Å². The number of anilines is 1. The minimum absolute atomic E-state index is 0.137. The molecule has 20 heavy (non-hydrogen) atoms. The molecule has 0 saturated heterocycles. The zero-order valence-electron chi connectivity index (χ0n) is 10.9. The topological polar surface area (TPSA) is 66.4 Å². The molecule has 1 amide bonds. The number of unbranched alkanes of at least 4 members (excludes halogenated alkanes) is 1. The number of amides is 1. The fourth-order valence-corrected chi connectivity index (χ4v) is 2.32. The molecule has 0 fully saturated rings. The number of nitrogens with one attached hydrogen (secondary N) is 1. The molecule has 0 bridgehead atoms. The van der Waals surface area contributed by atoms with Crippen molar-refractivity contribution in [1.82, 2.24) is 0 Å². The van der Waals surface area contributed by atoms with Gasteiger partial charge in [0.1, 0.15) is 0 Å². The summed E-state index contributed by atoms with van der Waals surface area (Å²) in [6.45, 7) is 2.03. The Morgan fingerprint density at radius 3 is 2.55 bits per heavy atom. The first kappa shape index (κ1) is 16.4. The standard InChI is InChI=1S/C13H15F2NO3S/c1-2-3-4-20-7-12(17)16-11-6-10(15)9(14)5-8(11)13(18)19/h5-6H,2-4,7H2,1H3,(H,16,17)(H,18,19). The van der Waals surface area contributed by atoms with E-state index in [1.165, 1.54) is 11.8 Å². The lowest BCUT2D eigenvalue weighted by molar-refractivity contribution is -0.113. The number of halogens is 2. The molecule has 1 aromatic rings. The van der Waals surface area contributed by atoms with Crippen molar-refractivity contribution in [3.63, 3.8) is 0 Å². The van der Waals surface area contributed by atoms with Crippen molar-refractivity contribution in [2.75, 3.05) is 16.8 Å². The molecule has 0 spiro atoms. The molecule has 0 saturated carbocycles. The molecule has 0 aliphatic carbocycles. The summed E-state index contributed by atoms with van der Waals surface area (Å²) >= 11 is 1.40. The van der Waals surface area contributed by atoms with Crippen molar-refractivity contribution in [1.29, 1.82) is 0 Å². The molecule has 7 heteroatoms. The van der Waals surface area contributed by atoms with E-state index >= 15 is 0 Å². The Morgan fingerprint density at radius 2 is 1.95 bits per heavy atom. The Kier molecular flexibility index (Phi) is 6.44. The van der Waals surface area contributed by atoms with Gasteiger partial charge in [-0.15, -0.1) is 0 Å². The van der Waals surface area contributed by atoms with Gasteiger partial charge in [-0.25, -0.2) is 13.6 Å². The second-order valence-corrected chi connectivity index (χ2v) is 5.18. The Morgan fingerprint density at radius 1 is 1.30 bits per heavy atom. The van der Waals surface area contributed by atoms with E-state index in [-0.39, 0.29) is 11.4 Å². The Balaban J connectivity index is 2.73. The molecule has 0 aromatic heterocycles. The lowest BCUT2D eigenvalue weighted by Crippen LogP contribution is -2.17. The number of hydrogen-bond acceptors (Lipinski definition) is 3. The van der Waals surface area contributed by atoms with Gasteiger partial charge in [-0.2, -0.15) is 11.8 Å². The minimum atomic E-state index is -1.43. The number of carbonyl (C=O) groups excluding carboxylic acids is 1. The molecule has 4 nitrogen and oxygen atoms in total. The van der Waals surface area contributed by atoms with Crippen LogP contribution in [0.4, 0.5) is 14.5 Å². The quantitative estimate of drug-likeness (QED) is 0.759. The average molecular weight is 303 g/mol. The van der Waals surface area contributed by atoms with Crippen LogP contribution in [0.5, 0.6) is 0 Å². The van der Waals surface area contributed by atoms with Crippen LogP contribution < -0.4 is 5.32 Å². The molecule has 110 valence electrons. The normalized spacial score (nSPS) is 10.3. The monoisotopic (exact) mass is 303 g/mol. The second kappa shape index (κ2) is 7.84. The zero-order chi connectivity index (χ0) is 15.1. The first-order chi connectivity index (χ1) is 9.45. The van der Waals surface area contributed by atoms with E-state index < -0.39 is 29.1 Å². The number of benzene rings is 1. The van der Waals surface area contributed by atoms with Gasteiger partial charge in [0.25, 0.3) is 0 Å². The van der Waals surface area contributed by atoms with Crippen LogP contribution in [0.1, 0.15) is 30.1 Å². The zero-order valence-corrected chi connectivity index (χ0v) is 11.7. The maximum atomic E-state index is 13.1. The summed E-state index contributed by atoms with van der Waals surface area (Å²) in [5, 5.41) is 11.2. The maximum Gasteiger partial charge on any atom is 0.337 e. The molecule has 1 rings (SSSR count). The third kappa shape index (κ3) is 4.80. The summed E-state index contributed by atoms with van der Waals surface area (Å²) in [7, 11) is 0. The van der Waals surface area contributed by atoms with Crippen molar-refractivity contribution in [3.8, 4) is 0 Å². The summed E-state index contributed by atoms with van der Waals surface area (Å²) in [4.78, 5) is 22.5. The number of aromatic carboxylic acids is 1. The van der Waals surface area contributed by atoms with Gasteiger partial charge in [0.15, 0.2) is 11.6 Å². The third-order valence-electron chi connectivity index (χ3n) is 2.44. The SMILES string of the molecule is CCCCSCC(=O)Nc1cc(F)c(F)cc1C(=O)O. The highest BCUT2D eigenvalue weighted by Crippen LogP contribution is 2.20. The first-order valence-corrected chi connectivity index (χ1v) is 7.21. The highest BCUT2D eigenvalue weighted by atomic mass is 32.2. The van der Waals surface area contributed by atoms with Crippen molar-refractivity contribution in [2.24, 2.45) is 0 Å². The molecule has 1 aromatic carbocycles. The van der Waals surface area contributed by atoms with Gasteiger partial charge in [0, 0.05) is 6.07 Å². The molecule has 0 aliphatic heterocycles. The van der Waals surface area contributed by atoms with E-state index in [0.29, 0.717) is 12.1 Å². The van der Waals surface area contributed by atoms with Gasteiger partial charge < -0.3 is 10.4 Å². The summed E-state index contributed by atoms with van der Waals surface area (Å²) in [6, 6.07) is 1.23. The van der Waals surface area contributed by atoms with Crippen LogP contribution in [0.25, 0.3) is 0 Å². The maximum absolute atomic E-state index is 13.1. The van der Waals surface area contributed by atoms with Crippen LogP contribution in [-0.4, -0.2) is 28.5 Å². The van der Waals surface area contributed by atoms with E-state index in [1.807, 2.05) is 6.92 Å². The first-order valence-electron chi connectivity index (χ1n) is 6.05. The van der Waals surface area contributed by atoms with Gasteiger partial charge in [-0.05, 0) is 18.2 Å². The molecular formula is C13H15F2NO3S. The predicted molar refractivity (Wildman–Crippen MR) is 74.2 cm³/mol. The molecule has 0 radical (unpaired) electrons. The summed E-state index contributed by atoms with van der Waals surface area (Å²) in [5.74, 6) is -3.40. The average Bonchev–Trinajstić information content (AvgIpc) is 2.38. The van der Waals surface area contributed by atoms with Crippen LogP contribution in [0.3, 0.4) is 0 Å². The number of carboxylic acids is 1. The second-order valence-electron chi connectivity index (χ2n) is 4.07. The van der Waals surface area contributed by atoms with Crippen molar-refractivity contribution in [2.45, 2.75) is 19.8 Å². The lowest BCUT2D eigenvalue weighted by atomic mass is 10.1. The molecule has 0 unspecified atom stereocenters. The van der Waals surface area contributed by atoms with Gasteiger partial charge in [-0.1, -0.05) is 13.3 Å². The van der Waals surface area contributed by atoms with Crippen molar-refractivity contribution in [3.05, 3.63) is 29.3 Å². The van der Waals surface area contributed by atoms with Crippen molar-refractivity contribution >= 4 is 29.3 Å². The fraction of sp³-hybridized carbons (Fsp3) is 0.385. The van der Waals surface area contributed by atoms with Gasteiger partial charge in [0.05, 0.1) is 17.0 Å². The largest absolute Gasteiger partial charge is 0.478 e. The number of hydrogen-bond donors (Lipinski definition) is 2. The molecule has 0 heterocycles. The van der Waals surface area contributed by atoms with Crippen LogP contribution >= 0.6 is 11.8 Å². The minimum Gasteiger partial charge on any atom is -0.478 e. The van der Waals surface area contributed by atoms with E-state index in [9.17, 15) is 18.4 Å². The Hall–Kier alpha value is -1.63. The van der Waals surface area contributed by atoms with Gasteiger partial charge in [-0.3, -0.25) is 4.79 Å². The molecular weight excluding hydrogens is 288 g/mol. The van der Waals surface area contributed by atoms with Crippen LogP contribution in [0, 0.1) is 11.6 Å². The highest BCUT2D eigenvalue weighted by Gasteiger charge is 2.16. The van der Waals surface area contributed by atoms with Gasteiger partial charge in [0.2, 0.25) is 5.91 Å². The predicted octanol–water partition coefficient (Wildman–Crippen LogP) is 3.13. The summed E-state index contributed by atoms with van der Waals surface area (Å²) < 4.78 is 26.1. The van der Waals surface area contributed by atoms with Crippen LogP contribution in [0.2, 0.25) is 0 Å². The number of thioether (sulfide) groups is 1. The van der Waals surface area contributed by atoms with Crippen LogP contribution in [-0.2, 0) is 4.79 Å². The Labute approximate surface area is 119 Å². The third-order valence-corrected chi connectivity index (χ3v) is 3.48. The summed E-state index contributed by atoms with van der Waals surface area (Å²) in [6.07, 6.45) is 1.99. The number of carbonyl (C=O) groups is 2. The lowest BCUT2D eigenvalue weighted by Gasteiger charge is -2.09. The smallest absolute Gasteiger partial charge is 0.337 e. The molecule has 0 aliphatic rings. The number of carboxylic acid groups (broad SMARTS) is 1. The number of rotatable bonds is 7. The molecule has 2 N–H and O–H groups in total. The van der Waals surface area contributed by atoms with E-state index in [0.717, 1.165) is 18.6 Å². The van der Waals surface area contributed by atoms with Crippen molar-refractivity contribution < 1.29 is 23.5 Å². The van der Waals surface area contributed by atoms with E-state index in [1.54, 1.807) is 0 Å². The highest BCUT2D eigenvalue weighted by molar-refractivity contribution is 7.99.